The third kappa shape index (κ3) is 6.39. The first-order valence-electron chi connectivity index (χ1n) is 5.28. The summed E-state index contributed by atoms with van der Waals surface area (Å²) < 4.78 is 32.0. The van der Waals surface area contributed by atoms with Crippen LogP contribution in [0.25, 0.3) is 0 Å². The number of nitrogens with one attached hydrogen (secondary N) is 1. The number of rotatable bonds is 9. The molecule has 16 heavy (non-hydrogen) atoms. The predicted octanol–water partition coefficient (Wildman–Crippen LogP) is -0.582. The summed E-state index contributed by atoms with van der Waals surface area (Å²) in [6.07, 6.45) is 0. The second-order valence-corrected chi connectivity index (χ2v) is 5.62. The highest BCUT2D eigenvalue weighted by atomic mass is 32.2. The van der Waals surface area contributed by atoms with E-state index >= 15 is 0 Å². The van der Waals surface area contributed by atoms with Crippen molar-refractivity contribution in [3.8, 4) is 0 Å². The van der Waals surface area contributed by atoms with Crippen LogP contribution in [0.2, 0.25) is 0 Å². The van der Waals surface area contributed by atoms with Gasteiger partial charge in [0.1, 0.15) is 0 Å². The second kappa shape index (κ2) is 7.97. The minimum Gasteiger partial charge on any atom is -0.395 e. The fraction of sp³-hybridized carbons (Fsp3) is 1.00. The van der Waals surface area contributed by atoms with Gasteiger partial charge in [-0.05, 0) is 5.92 Å². The Morgan fingerprint density at radius 1 is 1.38 bits per heavy atom. The van der Waals surface area contributed by atoms with Crippen LogP contribution in [0.3, 0.4) is 0 Å². The standard InChI is InChI=1S/C9H22N2O4S/c1-9(2)8-10-16(13,14)11(4-6-12)5-7-15-3/h9-10,12H,4-8H2,1-3H3. The van der Waals surface area contributed by atoms with Crippen molar-refractivity contribution in [2.75, 3.05) is 40.0 Å². The summed E-state index contributed by atoms with van der Waals surface area (Å²) in [5.41, 5.74) is 0. The zero-order chi connectivity index (χ0) is 12.6. The lowest BCUT2D eigenvalue weighted by Crippen LogP contribution is -2.44. The molecule has 0 aliphatic heterocycles. The molecule has 0 aromatic heterocycles. The van der Waals surface area contributed by atoms with E-state index in [-0.39, 0.29) is 25.6 Å². The van der Waals surface area contributed by atoms with Gasteiger partial charge < -0.3 is 9.84 Å². The van der Waals surface area contributed by atoms with E-state index in [9.17, 15) is 8.42 Å². The molecule has 0 bridgehead atoms. The number of ether oxygens (including phenoxy) is 1. The smallest absolute Gasteiger partial charge is 0.279 e. The molecule has 98 valence electrons. The molecule has 0 saturated carbocycles. The molecule has 0 aliphatic rings. The minimum atomic E-state index is -3.51. The Labute approximate surface area is 97.8 Å². The van der Waals surface area contributed by atoms with Crippen molar-refractivity contribution in [3.63, 3.8) is 0 Å². The molecule has 0 spiro atoms. The molecule has 7 heteroatoms. The highest BCUT2D eigenvalue weighted by Gasteiger charge is 2.20. The summed E-state index contributed by atoms with van der Waals surface area (Å²) in [6, 6.07) is 0. The Kier molecular flexibility index (Phi) is 7.86. The molecule has 0 aliphatic carbocycles. The lowest BCUT2D eigenvalue weighted by atomic mass is 10.2. The lowest BCUT2D eigenvalue weighted by Gasteiger charge is -2.21. The third-order valence-electron chi connectivity index (χ3n) is 1.91. The maximum atomic E-state index is 11.8. The van der Waals surface area contributed by atoms with Crippen LogP contribution in [0.1, 0.15) is 13.8 Å². The quantitative estimate of drug-likeness (QED) is 0.577. The molecule has 0 aromatic carbocycles. The van der Waals surface area contributed by atoms with E-state index in [2.05, 4.69) is 4.72 Å². The zero-order valence-corrected chi connectivity index (χ0v) is 11.0. The molecular formula is C9H22N2O4S. The summed E-state index contributed by atoms with van der Waals surface area (Å²) in [4.78, 5) is 0. The van der Waals surface area contributed by atoms with Crippen LogP contribution in [0.5, 0.6) is 0 Å². The summed E-state index contributed by atoms with van der Waals surface area (Å²) in [6.45, 7) is 4.66. The highest BCUT2D eigenvalue weighted by molar-refractivity contribution is 7.87. The molecule has 0 atom stereocenters. The Balaban J connectivity index is 4.37. The Morgan fingerprint density at radius 2 is 2.00 bits per heavy atom. The molecule has 6 nitrogen and oxygen atoms in total. The maximum Gasteiger partial charge on any atom is 0.279 e. The third-order valence-corrected chi connectivity index (χ3v) is 3.48. The van der Waals surface area contributed by atoms with Gasteiger partial charge in [0.15, 0.2) is 0 Å². The van der Waals surface area contributed by atoms with Gasteiger partial charge in [-0.1, -0.05) is 13.8 Å². The lowest BCUT2D eigenvalue weighted by molar-refractivity contribution is 0.168. The van der Waals surface area contributed by atoms with Gasteiger partial charge in [0, 0.05) is 26.7 Å². The molecule has 0 saturated heterocycles. The van der Waals surface area contributed by atoms with Crippen LogP contribution < -0.4 is 4.72 Å². The number of methoxy groups -OCH3 is 1. The van der Waals surface area contributed by atoms with Gasteiger partial charge in [-0.15, -0.1) is 0 Å². The topological polar surface area (TPSA) is 78.9 Å². The molecule has 0 rings (SSSR count). The SMILES string of the molecule is COCCN(CCO)S(=O)(=O)NCC(C)C. The fourth-order valence-corrected chi connectivity index (χ4v) is 2.38. The number of aliphatic hydroxyl groups is 1. The Morgan fingerprint density at radius 3 is 2.44 bits per heavy atom. The molecule has 2 N–H and O–H groups in total. The van der Waals surface area contributed by atoms with Crippen LogP contribution >= 0.6 is 0 Å². The maximum absolute atomic E-state index is 11.8. The van der Waals surface area contributed by atoms with E-state index in [1.54, 1.807) is 0 Å². The Bertz CT molecular complexity index is 267. The number of hydrogen-bond donors (Lipinski definition) is 2. The highest BCUT2D eigenvalue weighted by Crippen LogP contribution is 1.99. The normalized spacial score (nSPS) is 12.6. The van der Waals surface area contributed by atoms with Crippen molar-refractivity contribution in [2.45, 2.75) is 13.8 Å². The zero-order valence-electron chi connectivity index (χ0n) is 10.1. The van der Waals surface area contributed by atoms with Gasteiger partial charge in [0.25, 0.3) is 10.2 Å². The van der Waals surface area contributed by atoms with Gasteiger partial charge in [0.05, 0.1) is 13.2 Å². The van der Waals surface area contributed by atoms with Crippen LogP contribution in [-0.4, -0.2) is 57.8 Å². The summed E-state index contributed by atoms with van der Waals surface area (Å²) in [5.74, 6) is 0.244. The van der Waals surface area contributed by atoms with Gasteiger partial charge in [-0.2, -0.15) is 12.7 Å². The number of hydrogen-bond acceptors (Lipinski definition) is 4. The Hall–Kier alpha value is -0.210. The van der Waals surface area contributed by atoms with E-state index in [0.29, 0.717) is 13.2 Å². The molecule has 0 aromatic rings. The molecule has 0 radical (unpaired) electrons. The second-order valence-electron chi connectivity index (χ2n) is 3.86. The van der Waals surface area contributed by atoms with Crippen molar-refractivity contribution >= 4 is 10.2 Å². The summed E-state index contributed by atoms with van der Waals surface area (Å²) >= 11 is 0. The van der Waals surface area contributed by atoms with Crippen LogP contribution in [0.4, 0.5) is 0 Å². The van der Waals surface area contributed by atoms with Crippen LogP contribution in [-0.2, 0) is 14.9 Å². The average Bonchev–Trinajstić information content (AvgIpc) is 2.21. The largest absolute Gasteiger partial charge is 0.395 e. The van der Waals surface area contributed by atoms with E-state index in [0.717, 1.165) is 0 Å². The van der Waals surface area contributed by atoms with Gasteiger partial charge in [-0.25, -0.2) is 4.72 Å². The number of aliphatic hydroxyl groups excluding tert-OH is 1. The first-order chi connectivity index (χ1) is 7.44. The van der Waals surface area contributed by atoms with E-state index in [1.807, 2.05) is 13.8 Å². The van der Waals surface area contributed by atoms with Crippen LogP contribution in [0.15, 0.2) is 0 Å². The summed E-state index contributed by atoms with van der Waals surface area (Å²) in [5, 5.41) is 8.80. The molecule has 0 heterocycles. The first kappa shape index (κ1) is 15.8. The molecule has 0 fully saturated rings. The molecule has 0 unspecified atom stereocenters. The van der Waals surface area contributed by atoms with Crippen molar-refractivity contribution in [1.29, 1.82) is 0 Å². The van der Waals surface area contributed by atoms with E-state index in [4.69, 9.17) is 9.84 Å². The van der Waals surface area contributed by atoms with Crippen molar-refractivity contribution in [3.05, 3.63) is 0 Å². The van der Waals surface area contributed by atoms with E-state index < -0.39 is 10.2 Å². The fourth-order valence-electron chi connectivity index (χ4n) is 1.02. The van der Waals surface area contributed by atoms with Gasteiger partial charge >= 0.3 is 0 Å². The first-order valence-corrected chi connectivity index (χ1v) is 6.72. The molecular weight excluding hydrogens is 232 g/mol. The minimum absolute atomic E-state index is 0.0801. The predicted molar refractivity (Wildman–Crippen MR) is 62.3 cm³/mol. The van der Waals surface area contributed by atoms with E-state index in [1.165, 1.54) is 11.4 Å². The molecule has 0 amide bonds. The number of nitrogens with zero attached hydrogens (tertiary/aromatic N) is 1. The van der Waals surface area contributed by atoms with Gasteiger partial charge in [0.2, 0.25) is 0 Å². The van der Waals surface area contributed by atoms with Crippen molar-refractivity contribution < 1.29 is 18.3 Å². The monoisotopic (exact) mass is 254 g/mol. The van der Waals surface area contributed by atoms with Gasteiger partial charge in [-0.3, -0.25) is 0 Å². The van der Waals surface area contributed by atoms with Crippen LogP contribution in [0, 0.1) is 5.92 Å². The van der Waals surface area contributed by atoms with Crippen molar-refractivity contribution in [1.82, 2.24) is 9.03 Å². The summed E-state index contributed by atoms with van der Waals surface area (Å²) in [7, 11) is -2.00. The van der Waals surface area contributed by atoms with Crippen molar-refractivity contribution in [2.24, 2.45) is 5.92 Å². The average molecular weight is 254 g/mol.